The highest BCUT2D eigenvalue weighted by Gasteiger charge is 2.29. The van der Waals surface area contributed by atoms with Gasteiger partial charge in [0.25, 0.3) is 0 Å². The van der Waals surface area contributed by atoms with Crippen LogP contribution in [-0.2, 0) is 0 Å². The number of aliphatic hydroxyl groups excluding tert-OH is 1. The zero-order valence-electron chi connectivity index (χ0n) is 9.57. The van der Waals surface area contributed by atoms with Crippen LogP contribution in [0.25, 0.3) is 0 Å². The highest BCUT2D eigenvalue weighted by atomic mass is 79.9. The van der Waals surface area contributed by atoms with E-state index < -0.39 is 6.10 Å². The van der Waals surface area contributed by atoms with Gasteiger partial charge in [0.15, 0.2) is 0 Å². The minimum atomic E-state index is -0.442. The Morgan fingerprint density at radius 1 is 1.24 bits per heavy atom. The molecule has 0 aromatic heterocycles. The van der Waals surface area contributed by atoms with Gasteiger partial charge in [-0.05, 0) is 42.5 Å². The molecule has 1 aromatic rings. The van der Waals surface area contributed by atoms with E-state index >= 15 is 0 Å². The molecule has 94 valence electrons. The molecule has 2 rings (SSSR count). The van der Waals surface area contributed by atoms with Crippen molar-refractivity contribution in [2.24, 2.45) is 11.7 Å². The minimum absolute atomic E-state index is 0.315. The number of aliphatic hydroxyl groups is 1. The molecule has 2 atom stereocenters. The Kier molecular flexibility index (Phi) is 4.64. The molecule has 0 unspecified atom stereocenters. The Labute approximate surface area is 119 Å². The molecule has 1 aliphatic rings. The second kappa shape index (κ2) is 5.83. The van der Waals surface area contributed by atoms with Gasteiger partial charge < -0.3 is 10.8 Å². The number of halogens is 2. The van der Waals surface area contributed by atoms with Crippen molar-refractivity contribution in [3.8, 4) is 0 Å². The van der Waals surface area contributed by atoms with Gasteiger partial charge in [0.1, 0.15) is 0 Å². The van der Waals surface area contributed by atoms with Gasteiger partial charge in [0.05, 0.1) is 12.1 Å². The van der Waals surface area contributed by atoms with Crippen LogP contribution in [0.1, 0.15) is 37.3 Å². The summed E-state index contributed by atoms with van der Waals surface area (Å²) in [6, 6.07) is 5.58. The third-order valence-corrected chi connectivity index (χ3v) is 4.78. The average molecular weight is 363 g/mol. The number of hydrogen-bond acceptors (Lipinski definition) is 2. The third-order valence-electron chi connectivity index (χ3n) is 3.57. The Bertz CT molecular complexity index is 391. The first-order chi connectivity index (χ1) is 8.09. The summed E-state index contributed by atoms with van der Waals surface area (Å²) in [5, 5.41) is 10.3. The van der Waals surface area contributed by atoms with Gasteiger partial charge in [0, 0.05) is 8.95 Å². The lowest BCUT2D eigenvalue weighted by Crippen LogP contribution is -2.32. The summed E-state index contributed by atoms with van der Waals surface area (Å²) in [4.78, 5) is 0. The highest BCUT2D eigenvalue weighted by Crippen LogP contribution is 2.35. The van der Waals surface area contributed by atoms with Gasteiger partial charge >= 0.3 is 0 Å². The fourth-order valence-electron chi connectivity index (χ4n) is 2.55. The molecule has 0 amide bonds. The van der Waals surface area contributed by atoms with Crippen LogP contribution in [0.4, 0.5) is 0 Å². The van der Waals surface area contributed by atoms with E-state index in [0.29, 0.717) is 5.92 Å². The number of hydrogen-bond donors (Lipinski definition) is 2. The number of benzene rings is 1. The summed E-state index contributed by atoms with van der Waals surface area (Å²) in [5.41, 5.74) is 7.16. The largest absolute Gasteiger partial charge is 0.391 e. The summed E-state index contributed by atoms with van der Waals surface area (Å²) >= 11 is 6.94. The Morgan fingerprint density at radius 2 is 1.88 bits per heavy atom. The Balaban J connectivity index is 2.17. The lowest BCUT2D eigenvalue weighted by molar-refractivity contribution is 0.0842. The van der Waals surface area contributed by atoms with Crippen molar-refractivity contribution >= 4 is 31.9 Å². The molecule has 4 heteroatoms. The molecule has 0 saturated heterocycles. The second-order valence-corrected chi connectivity index (χ2v) is 6.50. The first-order valence-corrected chi connectivity index (χ1v) is 7.57. The maximum atomic E-state index is 10.3. The van der Waals surface area contributed by atoms with Crippen LogP contribution >= 0.6 is 31.9 Å². The topological polar surface area (TPSA) is 46.2 Å². The summed E-state index contributed by atoms with van der Waals surface area (Å²) in [6.45, 7) is 0. The molecule has 1 saturated carbocycles. The van der Waals surface area contributed by atoms with Crippen LogP contribution < -0.4 is 5.73 Å². The summed E-state index contributed by atoms with van der Waals surface area (Å²) in [7, 11) is 0. The zero-order valence-corrected chi connectivity index (χ0v) is 12.7. The third kappa shape index (κ3) is 3.11. The van der Waals surface area contributed by atoms with E-state index in [1.807, 2.05) is 18.2 Å². The summed E-state index contributed by atoms with van der Waals surface area (Å²) in [5.74, 6) is 0.357. The fourth-order valence-corrected chi connectivity index (χ4v) is 3.44. The molecule has 0 heterocycles. The molecule has 0 aliphatic heterocycles. The first-order valence-electron chi connectivity index (χ1n) is 5.98. The SMILES string of the molecule is N[C@H](c1cc(Br)ccc1Br)[C@@H](O)C1CCCC1. The predicted octanol–water partition coefficient (Wildman–Crippen LogP) is 3.76. The van der Waals surface area contributed by atoms with E-state index in [1.165, 1.54) is 12.8 Å². The van der Waals surface area contributed by atoms with Crippen molar-refractivity contribution in [1.82, 2.24) is 0 Å². The maximum Gasteiger partial charge on any atom is 0.0761 e. The summed E-state index contributed by atoms with van der Waals surface area (Å²) < 4.78 is 1.95. The van der Waals surface area contributed by atoms with Crippen LogP contribution in [0, 0.1) is 5.92 Å². The van der Waals surface area contributed by atoms with Gasteiger partial charge in [-0.3, -0.25) is 0 Å². The number of nitrogens with two attached hydrogens (primary N) is 1. The molecule has 0 bridgehead atoms. The first kappa shape index (κ1) is 13.5. The standard InChI is InChI=1S/C13H17Br2NO/c14-9-5-6-11(15)10(7-9)12(16)13(17)8-3-1-2-4-8/h5-8,12-13,17H,1-4,16H2/t12-,13+/m1/s1. The van der Waals surface area contributed by atoms with Crippen LogP contribution in [0.5, 0.6) is 0 Å². The van der Waals surface area contributed by atoms with Crippen molar-refractivity contribution in [3.05, 3.63) is 32.7 Å². The molecule has 1 aromatic carbocycles. The van der Waals surface area contributed by atoms with E-state index in [0.717, 1.165) is 27.4 Å². The van der Waals surface area contributed by atoms with Gasteiger partial charge in [-0.25, -0.2) is 0 Å². The van der Waals surface area contributed by atoms with Crippen LogP contribution in [0.2, 0.25) is 0 Å². The van der Waals surface area contributed by atoms with E-state index in [4.69, 9.17) is 5.73 Å². The maximum absolute atomic E-state index is 10.3. The molecule has 0 radical (unpaired) electrons. The zero-order chi connectivity index (χ0) is 12.4. The van der Waals surface area contributed by atoms with E-state index in [-0.39, 0.29) is 6.04 Å². The number of rotatable bonds is 3. The van der Waals surface area contributed by atoms with Gasteiger partial charge in [0.2, 0.25) is 0 Å². The Hall–Kier alpha value is 0.1000. The highest BCUT2D eigenvalue weighted by molar-refractivity contribution is 9.11. The molecular formula is C13H17Br2NO. The van der Waals surface area contributed by atoms with Crippen molar-refractivity contribution in [2.75, 3.05) is 0 Å². The quantitative estimate of drug-likeness (QED) is 0.859. The molecule has 17 heavy (non-hydrogen) atoms. The molecule has 1 fully saturated rings. The van der Waals surface area contributed by atoms with Crippen molar-refractivity contribution < 1.29 is 5.11 Å². The lowest BCUT2D eigenvalue weighted by Gasteiger charge is -2.25. The van der Waals surface area contributed by atoms with E-state index in [2.05, 4.69) is 31.9 Å². The fraction of sp³-hybridized carbons (Fsp3) is 0.538. The predicted molar refractivity (Wildman–Crippen MR) is 76.7 cm³/mol. The van der Waals surface area contributed by atoms with Gasteiger partial charge in [-0.1, -0.05) is 44.7 Å². The molecule has 2 nitrogen and oxygen atoms in total. The van der Waals surface area contributed by atoms with Crippen LogP contribution in [-0.4, -0.2) is 11.2 Å². The van der Waals surface area contributed by atoms with Gasteiger partial charge in [-0.15, -0.1) is 0 Å². The lowest BCUT2D eigenvalue weighted by atomic mass is 9.91. The van der Waals surface area contributed by atoms with Crippen molar-refractivity contribution in [1.29, 1.82) is 0 Å². The van der Waals surface area contributed by atoms with E-state index in [1.54, 1.807) is 0 Å². The van der Waals surface area contributed by atoms with Crippen molar-refractivity contribution in [3.63, 3.8) is 0 Å². The minimum Gasteiger partial charge on any atom is -0.391 e. The molecule has 3 N–H and O–H groups in total. The second-order valence-electron chi connectivity index (χ2n) is 4.73. The average Bonchev–Trinajstić information content (AvgIpc) is 2.84. The van der Waals surface area contributed by atoms with Gasteiger partial charge in [-0.2, -0.15) is 0 Å². The molecule has 1 aliphatic carbocycles. The van der Waals surface area contributed by atoms with Crippen molar-refractivity contribution in [2.45, 2.75) is 37.8 Å². The monoisotopic (exact) mass is 361 g/mol. The molecular weight excluding hydrogens is 346 g/mol. The molecule has 0 spiro atoms. The van der Waals surface area contributed by atoms with E-state index in [9.17, 15) is 5.11 Å². The summed E-state index contributed by atoms with van der Waals surface area (Å²) in [6.07, 6.45) is 4.19. The van der Waals surface area contributed by atoms with Crippen LogP contribution in [0.15, 0.2) is 27.1 Å². The normalized spacial score (nSPS) is 20.5. The van der Waals surface area contributed by atoms with Crippen LogP contribution in [0.3, 0.4) is 0 Å². The smallest absolute Gasteiger partial charge is 0.0761 e. The Morgan fingerprint density at radius 3 is 2.53 bits per heavy atom.